The molecule has 0 aliphatic carbocycles. The second-order valence-corrected chi connectivity index (χ2v) is 10.3. The molecule has 4 heteroatoms. The third-order valence-corrected chi connectivity index (χ3v) is 7.98. The van der Waals surface area contributed by atoms with E-state index in [-0.39, 0.29) is 0 Å². The van der Waals surface area contributed by atoms with Crippen LogP contribution in [-0.2, 0) is 0 Å². The van der Waals surface area contributed by atoms with Crippen LogP contribution in [0.3, 0.4) is 0 Å². The van der Waals surface area contributed by atoms with Gasteiger partial charge in [-0.15, -0.1) is 0 Å². The standard InChI is InChI=1S/C36H21N3O/c1-2-11-23(12-3-1)32-35-33(28-19-18-22-10-6-7-15-26(22)34(28)40-35)38-36(37-32)39-30-17-9-8-16-27(30)29-20-24-13-4-5-14-25(24)21-31(29)39/h1-21H. The summed E-state index contributed by atoms with van der Waals surface area (Å²) in [6, 6.07) is 44.3. The summed E-state index contributed by atoms with van der Waals surface area (Å²) < 4.78 is 8.82. The van der Waals surface area contributed by atoms with Gasteiger partial charge in [-0.1, -0.05) is 103 Å². The van der Waals surface area contributed by atoms with Gasteiger partial charge in [0.05, 0.1) is 11.0 Å². The SMILES string of the molecule is c1ccc(-c2nc(-n3c4ccccc4c4cc5ccccc5cc43)nc3c2oc2c4ccccc4ccc32)cc1. The van der Waals surface area contributed by atoms with Gasteiger partial charge >= 0.3 is 0 Å². The molecule has 0 atom stereocenters. The first-order valence-electron chi connectivity index (χ1n) is 13.4. The molecule has 0 saturated carbocycles. The zero-order valence-electron chi connectivity index (χ0n) is 21.4. The predicted octanol–water partition coefficient (Wildman–Crippen LogP) is 9.45. The van der Waals surface area contributed by atoms with Crippen molar-refractivity contribution in [3.63, 3.8) is 0 Å². The fourth-order valence-electron chi connectivity index (χ4n) is 6.12. The van der Waals surface area contributed by atoms with E-state index in [9.17, 15) is 0 Å². The molecule has 0 amide bonds. The van der Waals surface area contributed by atoms with E-state index < -0.39 is 0 Å². The van der Waals surface area contributed by atoms with E-state index in [1.807, 2.05) is 24.3 Å². The Balaban J connectivity index is 1.46. The fraction of sp³-hybridized carbons (Fsp3) is 0. The molecule has 3 heterocycles. The van der Waals surface area contributed by atoms with Gasteiger partial charge in [-0.25, -0.2) is 9.97 Å². The van der Waals surface area contributed by atoms with Crippen LogP contribution in [0.2, 0.25) is 0 Å². The normalized spacial score (nSPS) is 12.0. The quantitative estimate of drug-likeness (QED) is 0.232. The zero-order valence-corrected chi connectivity index (χ0v) is 21.4. The molecule has 0 spiro atoms. The highest BCUT2D eigenvalue weighted by Gasteiger charge is 2.22. The number of furan rings is 1. The van der Waals surface area contributed by atoms with Crippen LogP contribution in [0, 0.1) is 0 Å². The molecular weight excluding hydrogens is 490 g/mol. The summed E-state index contributed by atoms with van der Waals surface area (Å²) in [7, 11) is 0. The topological polar surface area (TPSA) is 43.9 Å². The minimum Gasteiger partial charge on any atom is -0.451 e. The van der Waals surface area contributed by atoms with Crippen molar-refractivity contribution in [1.82, 2.24) is 14.5 Å². The van der Waals surface area contributed by atoms with Crippen LogP contribution in [0.15, 0.2) is 132 Å². The van der Waals surface area contributed by atoms with Gasteiger partial charge in [0.25, 0.3) is 0 Å². The maximum atomic E-state index is 6.62. The zero-order chi connectivity index (χ0) is 26.2. The molecule has 4 nitrogen and oxygen atoms in total. The number of aromatic nitrogens is 3. The minimum atomic E-state index is 0.628. The third-order valence-electron chi connectivity index (χ3n) is 7.98. The van der Waals surface area contributed by atoms with Gasteiger partial charge in [-0.3, -0.25) is 4.57 Å². The van der Waals surface area contributed by atoms with E-state index >= 15 is 0 Å². The lowest BCUT2D eigenvalue weighted by molar-refractivity contribution is 0.670. The Morgan fingerprint density at radius 3 is 2.02 bits per heavy atom. The number of nitrogens with zero attached hydrogens (tertiary/aromatic N) is 3. The van der Waals surface area contributed by atoms with Crippen molar-refractivity contribution >= 4 is 65.4 Å². The van der Waals surface area contributed by atoms with Gasteiger partial charge in [-0.2, -0.15) is 0 Å². The molecule has 9 rings (SSSR count). The van der Waals surface area contributed by atoms with Crippen LogP contribution in [-0.4, -0.2) is 14.5 Å². The Morgan fingerprint density at radius 2 is 1.18 bits per heavy atom. The molecule has 0 unspecified atom stereocenters. The Bertz CT molecular complexity index is 2430. The summed E-state index contributed by atoms with van der Waals surface area (Å²) in [5, 5.41) is 7.95. The third kappa shape index (κ3) is 2.96. The smallest absolute Gasteiger partial charge is 0.236 e. The van der Waals surface area contributed by atoms with E-state index in [1.54, 1.807) is 0 Å². The summed E-state index contributed by atoms with van der Waals surface area (Å²) in [6.45, 7) is 0. The van der Waals surface area contributed by atoms with E-state index in [0.29, 0.717) is 11.5 Å². The molecule has 0 aliphatic rings. The van der Waals surface area contributed by atoms with E-state index in [0.717, 1.165) is 49.5 Å². The van der Waals surface area contributed by atoms with Crippen molar-refractivity contribution in [3.8, 4) is 17.2 Å². The molecule has 0 N–H and O–H groups in total. The molecule has 6 aromatic carbocycles. The fourth-order valence-corrected chi connectivity index (χ4v) is 6.12. The Hall–Kier alpha value is -5.48. The number of hydrogen-bond acceptors (Lipinski definition) is 3. The van der Waals surface area contributed by atoms with Crippen molar-refractivity contribution in [2.24, 2.45) is 0 Å². The average Bonchev–Trinajstić information content (AvgIpc) is 3.55. The Morgan fingerprint density at radius 1 is 0.475 bits per heavy atom. The second kappa shape index (κ2) is 8.01. The highest BCUT2D eigenvalue weighted by molar-refractivity contribution is 6.16. The summed E-state index contributed by atoms with van der Waals surface area (Å²) in [4.78, 5) is 10.5. The van der Waals surface area contributed by atoms with Crippen LogP contribution in [0.1, 0.15) is 0 Å². The van der Waals surface area contributed by atoms with Crippen LogP contribution in [0.5, 0.6) is 0 Å². The van der Waals surface area contributed by atoms with E-state index in [4.69, 9.17) is 14.4 Å². The molecule has 0 fully saturated rings. The van der Waals surface area contributed by atoms with Crippen molar-refractivity contribution < 1.29 is 4.42 Å². The molecular formula is C36H21N3O. The number of benzene rings is 6. The largest absolute Gasteiger partial charge is 0.451 e. The molecule has 0 aliphatic heterocycles. The van der Waals surface area contributed by atoms with Gasteiger partial charge < -0.3 is 4.42 Å². The molecule has 0 saturated heterocycles. The van der Waals surface area contributed by atoms with Crippen molar-refractivity contribution in [2.45, 2.75) is 0 Å². The highest BCUT2D eigenvalue weighted by Crippen LogP contribution is 2.39. The second-order valence-electron chi connectivity index (χ2n) is 10.3. The van der Waals surface area contributed by atoms with Crippen molar-refractivity contribution in [2.75, 3.05) is 0 Å². The van der Waals surface area contributed by atoms with Crippen molar-refractivity contribution in [1.29, 1.82) is 0 Å². The van der Waals surface area contributed by atoms with Gasteiger partial charge in [0.15, 0.2) is 5.58 Å². The maximum absolute atomic E-state index is 6.62. The van der Waals surface area contributed by atoms with Crippen molar-refractivity contribution in [3.05, 3.63) is 127 Å². The summed E-state index contributed by atoms with van der Waals surface area (Å²) in [6.07, 6.45) is 0. The lowest BCUT2D eigenvalue weighted by atomic mass is 10.1. The molecule has 9 aromatic rings. The van der Waals surface area contributed by atoms with Gasteiger partial charge in [0.1, 0.15) is 16.8 Å². The number of hydrogen-bond donors (Lipinski definition) is 0. The van der Waals surface area contributed by atoms with Crippen LogP contribution in [0.25, 0.3) is 82.6 Å². The Kier molecular flexibility index (Phi) is 4.30. The van der Waals surface area contributed by atoms with Crippen LogP contribution in [0.4, 0.5) is 0 Å². The summed E-state index contributed by atoms with van der Waals surface area (Å²) in [5.41, 5.74) is 6.29. The van der Waals surface area contributed by atoms with Crippen LogP contribution < -0.4 is 0 Å². The lowest BCUT2D eigenvalue weighted by Crippen LogP contribution is -2.02. The number of fused-ring (bicyclic) bond motifs is 9. The first-order chi connectivity index (χ1) is 19.8. The average molecular weight is 512 g/mol. The Labute approximate surface area is 228 Å². The monoisotopic (exact) mass is 511 g/mol. The van der Waals surface area contributed by atoms with Gasteiger partial charge in [0, 0.05) is 27.1 Å². The molecule has 186 valence electrons. The summed E-state index contributed by atoms with van der Waals surface area (Å²) in [5.74, 6) is 0.628. The van der Waals surface area contributed by atoms with Gasteiger partial charge in [-0.05, 0) is 40.4 Å². The molecule has 3 aromatic heterocycles. The molecule has 40 heavy (non-hydrogen) atoms. The lowest BCUT2D eigenvalue weighted by Gasteiger charge is -2.09. The maximum Gasteiger partial charge on any atom is 0.236 e. The van der Waals surface area contributed by atoms with Gasteiger partial charge in [0.2, 0.25) is 5.95 Å². The molecule has 0 radical (unpaired) electrons. The van der Waals surface area contributed by atoms with Crippen LogP contribution >= 0.6 is 0 Å². The number of para-hydroxylation sites is 1. The first kappa shape index (κ1) is 21.5. The van der Waals surface area contributed by atoms with E-state index in [1.165, 1.54) is 21.5 Å². The summed E-state index contributed by atoms with van der Waals surface area (Å²) >= 11 is 0. The first-order valence-corrected chi connectivity index (χ1v) is 13.4. The highest BCUT2D eigenvalue weighted by atomic mass is 16.3. The predicted molar refractivity (Wildman–Crippen MR) is 164 cm³/mol. The minimum absolute atomic E-state index is 0.628. The van der Waals surface area contributed by atoms with E-state index in [2.05, 4.69) is 108 Å². The molecule has 0 bridgehead atoms. The number of rotatable bonds is 2.